The topological polar surface area (TPSA) is 48.0 Å². The van der Waals surface area contributed by atoms with Gasteiger partial charge in [-0.1, -0.05) is 42.5 Å². The van der Waals surface area contributed by atoms with Gasteiger partial charge in [-0.15, -0.1) is 0 Å². The van der Waals surface area contributed by atoms with Crippen molar-refractivity contribution in [3.05, 3.63) is 65.7 Å². The van der Waals surface area contributed by atoms with E-state index in [1.165, 1.54) is 0 Å². The van der Waals surface area contributed by atoms with E-state index in [1.807, 2.05) is 54.6 Å². The van der Waals surface area contributed by atoms with Crippen LogP contribution in [0.1, 0.15) is 30.1 Å². The molecule has 0 spiro atoms. The molecule has 5 heteroatoms. The highest BCUT2D eigenvalue weighted by atomic mass is 16.6. The highest BCUT2D eigenvalue weighted by Gasteiger charge is 2.32. The molecule has 0 saturated carbocycles. The number of rotatable bonds is 5. The molecule has 26 heavy (non-hydrogen) atoms. The van der Waals surface area contributed by atoms with E-state index in [2.05, 4.69) is 0 Å². The van der Waals surface area contributed by atoms with Crippen LogP contribution in [0.5, 0.6) is 5.75 Å². The van der Waals surface area contributed by atoms with Crippen LogP contribution in [0.25, 0.3) is 0 Å². The van der Waals surface area contributed by atoms with Gasteiger partial charge in [-0.25, -0.2) is 4.79 Å². The van der Waals surface area contributed by atoms with Crippen LogP contribution in [0, 0.1) is 0 Å². The number of nitrogens with zero attached hydrogens (tertiary/aromatic N) is 1. The molecule has 5 nitrogen and oxygen atoms in total. The average molecular weight is 353 g/mol. The summed E-state index contributed by atoms with van der Waals surface area (Å²) < 4.78 is 16.9. The van der Waals surface area contributed by atoms with Gasteiger partial charge in [0.05, 0.1) is 19.8 Å². The van der Waals surface area contributed by atoms with Gasteiger partial charge in [0.25, 0.3) is 0 Å². The third-order valence-corrected chi connectivity index (χ3v) is 4.83. The molecule has 0 radical (unpaired) electrons. The zero-order chi connectivity index (χ0) is 17.8. The lowest BCUT2D eigenvalue weighted by Gasteiger charge is -2.23. The summed E-state index contributed by atoms with van der Waals surface area (Å²) in [5.41, 5.74) is 2.10. The summed E-state index contributed by atoms with van der Waals surface area (Å²) in [7, 11) is 0. The molecule has 1 unspecified atom stereocenters. The Morgan fingerprint density at radius 2 is 1.73 bits per heavy atom. The van der Waals surface area contributed by atoms with Crippen molar-refractivity contribution in [3.63, 3.8) is 0 Å². The van der Waals surface area contributed by atoms with E-state index in [-0.39, 0.29) is 18.3 Å². The molecule has 2 saturated heterocycles. The molecule has 2 aliphatic heterocycles. The normalized spacial score (nSPS) is 20.8. The number of benzene rings is 2. The molecule has 2 aliphatic rings. The van der Waals surface area contributed by atoms with E-state index in [0.717, 1.165) is 42.9 Å². The number of carbonyl (C=O) groups is 1. The molecule has 136 valence electrons. The first kappa shape index (κ1) is 16.9. The molecular weight excluding hydrogens is 330 g/mol. The van der Waals surface area contributed by atoms with Crippen LogP contribution in [0.2, 0.25) is 0 Å². The Balaban J connectivity index is 1.34. The largest absolute Gasteiger partial charge is 0.490 e. The molecule has 1 atom stereocenters. The van der Waals surface area contributed by atoms with Gasteiger partial charge in [-0.2, -0.15) is 0 Å². The lowest BCUT2D eigenvalue weighted by atomic mass is 10.1. The number of hydrogen-bond acceptors (Lipinski definition) is 4. The first-order valence-corrected chi connectivity index (χ1v) is 9.12. The van der Waals surface area contributed by atoms with Crippen LogP contribution in [-0.4, -0.2) is 36.9 Å². The van der Waals surface area contributed by atoms with E-state index >= 15 is 0 Å². The summed E-state index contributed by atoms with van der Waals surface area (Å²) in [5, 5.41) is 0. The maximum Gasteiger partial charge on any atom is 0.410 e. The molecule has 4 rings (SSSR count). The molecule has 0 bridgehead atoms. The molecule has 2 fully saturated rings. The van der Waals surface area contributed by atoms with Crippen LogP contribution < -0.4 is 4.74 Å². The Labute approximate surface area is 153 Å². The maximum atomic E-state index is 12.2. The Morgan fingerprint density at radius 3 is 2.46 bits per heavy atom. The Bertz CT molecular complexity index is 725. The smallest absolute Gasteiger partial charge is 0.410 e. The minimum absolute atomic E-state index is 0.195. The molecule has 2 aromatic carbocycles. The van der Waals surface area contributed by atoms with Crippen LogP contribution in [0.3, 0.4) is 0 Å². The fraction of sp³-hybridized carbons (Fsp3) is 0.381. The van der Waals surface area contributed by atoms with Crippen molar-refractivity contribution in [2.45, 2.75) is 31.6 Å². The second-order valence-corrected chi connectivity index (χ2v) is 6.74. The molecule has 2 aromatic rings. The Morgan fingerprint density at radius 1 is 1.00 bits per heavy atom. The van der Waals surface area contributed by atoms with Gasteiger partial charge >= 0.3 is 6.09 Å². The van der Waals surface area contributed by atoms with Crippen molar-refractivity contribution < 1.29 is 19.0 Å². The van der Waals surface area contributed by atoms with Crippen molar-refractivity contribution in [1.29, 1.82) is 0 Å². The quantitative estimate of drug-likeness (QED) is 0.817. The van der Waals surface area contributed by atoms with Crippen molar-refractivity contribution in [2.24, 2.45) is 0 Å². The summed E-state index contributed by atoms with van der Waals surface area (Å²) >= 11 is 0. The van der Waals surface area contributed by atoms with E-state index in [4.69, 9.17) is 14.2 Å². The summed E-state index contributed by atoms with van der Waals surface area (Å²) in [6, 6.07) is 17.8. The van der Waals surface area contributed by atoms with E-state index in [9.17, 15) is 4.79 Å². The highest BCUT2D eigenvalue weighted by molar-refractivity contribution is 5.70. The van der Waals surface area contributed by atoms with Gasteiger partial charge in [-0.3, -0.25) is 4.90 Å². The second-order valence-electron chi connectivity index (χ2n) is 6.74. The van der Waals surface area contributed by atoms with Gasteiger partial charge in [0.15, 0.2) is 0 Å². The number of ether oxygens (including phenoxy) is 3. The number of hydrogen-bond donors (Lipinski definition) is 0. The highest BCUT2D eigenvalue weighted by Crippen LogP contribution is 2.27. The zero-order valence-corrected chi connectivity index (χ0v) is 14.7. The molecule has 0 N–H and O–H groups in total. The third-order valence-electron chi connectivity index (χ3n) is 4.83. The fourth-order valence-corrected chi connectivity index (χ4v) is 3.36. The number of cyclic esters (lactones) is 1. The lowest BCUT2D eigenvalue weighted by molar-refractivity contribution is 0.0255. The van der Waals surface area contributed by atoms with Crippen molar-refractivity contribution in [3.8, 4) is 5.75 Å². The molecule has 1 amide bonds. The van der Waals surface area contributed by atoms with Gasteiger partial charge in [0.1, 0.15) is 18.0 Å². The van der Waals surface area contributed by atoms with Crippen LogP contribution in [0.15, 0.2) is 54.6 Å². The molecular formula is C21H23NO4. The zero-order valence-electron chi connectivity index (χ0n) is 14.7. The predicted molar refractivity (Wildman–Crippen MR) is 97.0 cm³/mol. The van der Waals surface area contributed by atoms with E-state index < -0.39 is 0 Å². The Kier molecular flexibility index (Phi) is 5.07. The summed E-state index contributed by atoms with van der Waals surface area (Å²) in [5.74, 6) is 0.867. The number of carbonyl (C=O) groups excluding carboxylic acids is 1. The van der Waals surface area contributed by atoms with Crippen LogP contribution >= 0.6 is 0 Å². The van der Waals surface area contributed by atoms with Gasteiger partial charge in [0.2, 0.25) is 0 Å². The predicted octanol–water partition coefficient (Wildman–Crippen LogP) is 3.94. The number of amides is 1. The summed E-state index contributed by atoms with van der Waals surface area (Å²) in [6.07, 6.45) is 1.64. The minimum atomic E-state index is -0.263. The van der Waals surface area contributed by atoms with Crippen molar-refractivity contribution in [2.75, 3.05) is 19.8 Å². The monoisotopic (exact) mass is 353 g/mol. The third kappa shape index (κ3) is 3.99. The average Bonchev–Trinajstić information content (AvgIpc) is 3.05. The standard InChI is InChI=1S/C21H23NO4/c23-21-22(15-20(26-21)17-4-2-1-3-5-17)14-16-6-8-18(9-7-16)25-19-10-12-24-13-11-19/h1-9,19-20H,10-15H2. The van der Waals surface area contributed by atoms with Crippen LogP contribution in [0.4, 0.5) is 4.79 Å². The molecule has 2 heterocycles. The Hall–Kier alpha value is -2.53. The minimum Gasteiger partial charge on any atom is -0.490 e. The SMILES string of the molecule is O=C1OC(c2ccccc2)CN1Cc1ccc(OC2CCOCC2)cc1. The first-order chi connectivity index (χ1) is 12.8. The van der Waals surface area contributed by atoms with E-state index in [1.54, 1.807) is 4.90 Å². The lowest BCUT2D eigenvalue weighted by Crippen LogP contribution is -2.26. The maximum absolute atomic E-state index is 12.2. The summed E-state index contributed by atoms with van der Waals surface area (Å²) in [4.78, 5) is 13.9. The fourth-order valence-electron chi connectivity index (χ4n) is 3.36. The van der Waals surface area contributed by atoms with Gasteiger partial charge in [0, 0.05) is 19.4 Å². The first-order valence-electron chi connectivity index (χ1n) is 9.12. The van der Waals surface area contributed by atoms with Gasteiger partial charge < -0.3 is 14.2 Å². The van der Waals surface area contributed by atoms with Crippen molar-refractivity contribution in [1.82, 2.24) is 4.90 Å². The summed E-state index contributed by atoms with van der Waals surface area (Å²) in [6.45, 7) is 2.65. The van der Waals surface area contributed by atoms with E-state index in [0.29, 0.717) is 13.1 Å². The molecule has 0 aromatic heterocycles. The molecule has 0 aliphatic carbocycles. The van der Waals surface area contributed by atoms with Gasteiger partial charge in [-0.05, 0) is 23.3 Å². The second kappa shape index (κ2) is 7.79. The van der Waals surface area contributed by atoms with Crippen molar-refractivity contribution >= 4 is 6.09 Å². The van der Waals surface area contributed by atoms with Crippen LogP contribution in [-0.2, 0) is 16.0 Å².